The molecule has 1 aliphatic rings. The van der Waals surface area contributed by atoms with E-state index in [1.54, 1.807) is 11.9 Å². The van der Waals surface area contributed by atoms with Gasteiger partial charge in [0.25, 0.3) is 5.91 Å². The lowest BCUT2D eigenvalue weighted by atomic mass is 10.1. The summed E-state index contributed by atoms with van der Waals surface area (Å²) in [5.41, 5.74) is 2.73. The summed E-state index contributed by atoms with van der Waals surface area (Å²) in [6.07, 6.45) is 3.77. The van der Waals surface area contributed by atoms with E-state index >= 15 is 0 Å². The van der Waals surface area contributed by atoms with Crippen LogP contribution in [0.4, 0.5) is 0 Å². The van der Waals surface area contributed by atoms with E-state index in [0.717, 1.165) is 16.8 Å². The van der Waals surface area contributed by atoms with Gasteiger partial charge >= 0.3 is 0 Å². The molecule has 0 aliphatic carbocycles. The Hall–Kier alpha value is -2.03. The van der Waals surface area contributed by atoms with Gasteiger partial charge in [0.15, 0.2) is 0 Å². The largest absolute Gasteiger partial charge is 0.383 e. The summed E-state index contributed by atoms with van der Waals surface area (Å²) in [4.78, 5) is 15.6. The Morgan fingerprint density at radius 1 is 1.18 bits per heavy atom. The van der Waals surface area contributed by atoms with Crippen molar-refractivity contribution in [2.75, 3.05) is 21.1 Å². The number of likely N-dealkylation sites (N-methyl/N-ethyl adjacent to an activating group) is 1. The zero-order valence-electron chi connectivity index (χ0n) is 10.3. The van der Waals surface area contributed by atoms with Gasteiger partial charge in [0.2, 0.25) is 0 Å². The van der Waals surface area contributed by atoms with E-state index in [9.17, 15) is 4.79 Å². The Balaban J connectivity index is 2.40. The topological polar surface area (TPSA) is 23.6 Å². The van der Waals surface area contributed by atoms with E-state index in [2.05, 4.69) is 0 Å². The van der Waals surface area contributed by atoms with Crippen molar-refractivity contribution in [3.63, 3.8) is 0 Å². The van der Waals surface area contributed by atoms with Crippen LogP contribution in [0, 0.1) is 0 Å². The first-order valence-corrected chi connectivity index (χ1v) is 5.53. The van der Waals surface area contributed by atoms with Crippen LogP contribution in [-0.2, 0) is 4.79 Å². The SMILES string of the molecule is CN(C)C=C1C=C(c2ccccc2)N(C)C1=O. The molecule has 17 heavy (non-hydrogen) atoms. The van der Waals surface area contributed by atoms with Crippen LogP contribution in [0.1, 0.15) is 5.56 Å². The Bertz CT molecular complexity index is 486. The van der Waals surface area contributed by atoms with E-state index in [0.29, 0.717) is 0 Å². The molecule has 0 saturated heterocycles. The predicted octanol–water partition coefficient (Wildman–Crippen LogP) is 1.95. The van der Waals surface area contributed by atoms with Gasteiger partial charge < -0.3 is 9.80 Å². The van der Waals surface area contributed by atoms with Gasteiger partial charge in [0, 0.05) is 27.3 Å². The maximum atomic E-state index is 12.0. The van der Waals surface area contributed by atoms with E-state index in [-0.39, 0.29) is 5.91 Å². The third-order valence-electron chi connectivity index (χ3n) is 2.67. The Labute approximate surface area is 102 Å². The number of hydrogen-bond acceptors (Lipinski definition) is 2. The third-order valence-corrected chi connectivity index (χ3v) is 2.67. The molecular formula is C14H16N2O. The van der Waals surface area contributed by atoms with Crippen molar-refractivity contribution in [3.8, 4) is 0 Å². The van der Waals surface area contributed by atoms with Crippen LogP contribution in [0.3, 0.4) is 0 Å². The molecule has 0 saturated carbocycles. The Morgan fingerprint density at radius 2 is 1.82 bits per heavy atom. The molecule has 3 nitrogen and oxygen atoms in total. The van der Waals surface area contributed by atoms with E-state index in [1.165, 1.54) is 0 Å². The minimum Gasteiger partial charge on any atom is -0.383 e. The minimum atomic E-state index is 0.0394. The maximum Gasteiger partial charge on any atom is 0.259 e. The van der Waals surface area contributed by atoms with Gasteiger partial charge in [-0.25, -0.2) is 0 Å². The third kappa shape index (κ3) is 2.23. The first kappa shape index (κ1) is 11.5. The second kappa shape index (κ2) is 4.45. The molecule has 0 atom stereocenters. The molecule has 3 heteroatoms. The number of rotatable bonds is 2. The number of carbonyl (C=O) groups excluding carboxylic acids is 1. The van der Waals surface area contributed by atoms with E-state index < -0.39 is 0 Å². The van der Waals surface area contributed by atoms with Crippen LogP contribution in [0.15, 0.2) is 48.2 Å². The van der Waals surface area contributed by atoms with Crippen LogP contribution in [0.2, 0.25) is 0 Å². The molecule has 1 aromatic rings. The highest BCUT2D eigenvalue weighted by molar-refractivity contribution is 6.07. The molecule has 88 valence electrons. The van der Waals surface area contributed by atoms with Gasteiger partial charge in [0.05, 0.1) is 11.3 Å². The van der Waals surface area contributed by atoms with Gasteiger partial charge in [-0.05, 0) is 11.6 Å². The standard InChI is InChI=1S/C14H16N2O/c1-15(2)10-12-9-13(16(3)14(12)17)11-7-5-4-6-8-11/h4-10H,1-3H3. The predicted molar refractivity (Wildman–Crippen MR) is 69.0 cm³/mol. The summed E-state index contributed by atoms with van der Waals surface area (Å²) < 4.78 is 0. The van der Waals surface area contributed by atoms with Crippen molar-refractivity contribution in [3.05, 3.63) is 53.7 Å². The zero-order chi connectivity index (χ0) is 12.4. The highest BCUT2D eigenvalue weighted by Crippen LogP contribution is 2.27. The van der Waals surface area contributed by atoms with Gasteiger partial charge in [-0.1, -0.05) is 30.3 Å². The van der Waals surface area contributed by atoms with Crippen molar-refractivity contribution in [2.24, 2.45) is 0 Å². The highest BCUT2D eigenvalue weighted by atomic mass is 16.2. The molecule has 1 amide bonds. The summed E-state index contributed by atoms with van der Waals surface area (Å²) in [5, 5.41) is 0. The molecule has 0 spiro atoms. The van der Waals surface area contributed by atoms with Gasteiger partial charge in [-0.3, -0.25) is 4.79 Å². The quantitative estimate of drug-likeness (QED) is 0.722. The zero-order valence-corrected chi connectivity index (χ0v) is 10.3. The lowest BCUT2D eigenvalue weighted by Gasteiger charge is -2.14. The molecule has 0 bridgehead atoms. The summed E-state index contributed by atoms with van der Waals surface area (Å²) in [5.74, 6) is 0.0394. The van der Waals surface area contributed by atoms with Crippen LogP contribution in [-0.4, -0.2) is 36.9 Å². The molecule has 2 rings (SSSR count). The molecule has 1 aliphatic heterocycles. The summed E-state index contributed by atoms with van der Waals surface area (Å²) >= 11 is 0. The molecule has 1 heterocycles. The van der Waals surface area contributed by atoms with E-state index in [1.807, 2.05) is 61.6 Å². The molecule has 0 N–H and O–H groups in total. The van der Waals surface area contributed by atoms with Crippen molar-refractivity contribution in [1.82, 2.24) is 9.80 Å². The molecule has 0 radical (unpaired) electrons. The monoisotopic (exact) mass is 228 g/mol. The molecule has 1 aromatic carbocycles. The normalized spacial score (nSPS) is 17.6. The molecule has 0 aromatic heterocycles. The van der Waals surface area contributed by atoms with E-state index in [4.69, 9.17) is 0 Å². The average molecular weight is 228 g/mol. The van der Waals surface area contributed by atoms with Gasteiger partial charge in [-0.15, -0.1) is 0 Å². The lowest BCUT2D eigenvalue weighted by Crippen LogP contribution is -2.21. The molecule has 0 unspecified atom stereocenters. The Kier molecular flexibility index (Phi) is 3.00. The number of carbonyl (C=O) groups is 1. The fraction of sp³-hybridized carbons (Fsp3) is 0.214. The summed E-state index contributed by atoms with van der Waals surface area (Å²) in [6, 6.07) is 9.93. The second-order valence-electron chi connectivity index (χ2n) is 4.31. The molecule has 0 fully saturated rings. The lowest BCUT2D eigenvalue weighted by molar-refractivity contribution is -0.122. The van der Waals surface area contributed by atoms with Crippen molar-refractivity contribution >= 4 is 11.6 Å². The Morgan fingerprint density at radius 3 is 2.41 bits per heavy atom. The maximum absolute atomic E-state index is 12.0. The fourth-order valence-corrected chi connectivity index (χ4v) is 1.87. The smallest absolute Gasteiger partial charge is 0.259 e. The van der Waals surface area contributed by atoms with Crippen molar-refractivity contribution in [1.29, 1.82) is 0 Å². The number of nitrogens with zero attached hydrogens (tertiary/aromatic N) is 2. The van der Waals surface area contributed by atoms with Gasteiger partial charge in [0.1, 0.15) is 0 Å². The second-order valence-corrected chi connectivity index (χ2v) is 4.31. The number of amides is 1. The van der Waals surface area contributed by atoms with Crippen LogP contribution < -0.4 is 0 Å². The van der Waals surface area contributed by atoms with Crippen molar-refractivity contribution < 1.29 is 4.79 Å². The van der Waals surface area contributed by atoms with Crippen molar-refractivity contribution in [2.45, 2.75) is 0 Å². The van der Waals surface area contributed by atoms with Crippen LogP contribution in [0.5, 0.6) is 0 Å². The number of benzene rings is 1. The average Bonchev–Trinajstić information content (AvgIpc) is 2.58. The first-order valence-electron chi connectivity index (χ1n) is 5.53. The summed E-state index contributed by atoms with van der Waals surface area (Å²) in [7, 11) is 5.63. The molecular weight excluding hydrogens is 212 g/mol. The first-order chi connectivity index (χ1) is 8.09. The highest BCUT2D eigenvalue weighted by Gasteiger charge is 2.25. The number of hydrogen-bond donors (Lipinski definition) is 0. The van der Waals surface area contributed by atoms with Gasteiger partial charge in [-0.2, -0.15) is 0 Å². The van der Waals surface area contributed by atoms with Crippen LogP contribution >= 0.6 is 0 Å². The van der Waals surface area contributed by atoms with Crippen LogP contribution in [0.25, 0.3) is 5.70 Å². The minimum absolute atomic E-state index is 0.0394. The fourth-order valence-electron chi connectivity index (χ4n) is 1.87. The summed E-state index contributed by atoms with van der Waals surface area (Å²) in [6.45, 7) is 0.